The number of hydrogen-bond donors (Lipinski definition) is 1. The number of likely N-dealkylation sites (N-methyl/N-ethyl adjacent to an activating group) is 1. The van der Waals surface area contributed by atoms with Gasteiger partial charge in [-0.25, -0.2) is 8.78 Å². The molecule has 2 aromatic carbocycles. The molecule has 3 rings (SSSR count). The van der Waals surface area contributed by atoms with E-state index in [9.17, 15) is 8.78 Å². The van der Waals surface area contributed by atoms with Crippen molar-refractivity contribution in [3.8, 4) is 11.5 Å². The average molecular weight is 291 g/mol. The predicted molar refractivity (Wildman–Crippen MR) is 74.4 cm³/mol. The highest BCUT2D eigenvalue weighted by Gasteiger charge is 2.18. The third kappa shape index (κ3) is 2.83. The number of benzene rings is 2. The molecule has 2 aromatic rings. The fourth-order valence-electron chi connectivity index (χ4n) is 2.42. The Bertz CT molecular complexity index is 661. The van der Waals surface area contributed by atoms with Crippen molar-refractivity contribution in [2.45, 2.75) is 12.5 Å². The van der Waals surface area contributed by atoms with Gasteiger partial charge in [-0.3, -0.25) is 0 Å². The lowest BCUT2D eigenvalue weighted by Crippen LogP contribution is -2.19. The zero-order valence-electron chi connectivity index (χ0n) is 11.5. The molecule has 110 valence electrons. The summed E-state index contributed by atoms with van der Waals surface area (Å²) in [6, 6.07) is 9.18. The Morgan fingerprint density at radius 3 is 2.67 bits per heavy atom. The Kier molecular flexibility index (Phi) is 3.75. The van der Waals surface area contributed by atoms with E-state index in [0.29, 0.717) is 23.5 Å². The fraction of sp³-hybridized carbons (Fsp3) is 0.250. The fourth-order valence-corrected chi connectivity index (χ4v) is 2.42. The summed E-state index contributed by atoms with van der Waals surface area (Å²) in [6.07, 6.45) is 0.419. The molecule has 0 saturated carbocycles. The second-order valence-corrected chi connectivity index (χ2v) is 4.89. The summed E-state index contributed by atoms with van der Waals surface area (Å²) < 4.78 is 37.3. The summed E-state index contributed by atoms with van der Waals surface area (Å²) in [6.45, 7) is 0.218. The Morgan fingerprint density at radius 2 is 1.90 bits per heavy atom. The number of nitrogens with one attached hydrogen (secondary N) is 1. The van der Waals surface area contributed by atoms with Crippen molar-refractivity contribution in [2.75, 3.05) is 13.8 Å². The molecule has 0 saturated heterocycles. The Balaban J connectivity index is 1.85. The molecule has 1 aliphatic rings. The number of halogens is 2. The van der Waals surface area contributed by atoms with Crippen LogP contribution in [0.5, 0.6) is 11.5 Å². The van der Waals surface area contributed by atoms with Gasteiger partial charge in [0.25, 0.3) is 0 Å². The minimum Gasteiger partial charge on any atom is -0.454 e. The standard InChI is InChI=1S/C16H15F2NO2/c1-19-14(6-10-2-4-12(17)8-13(10)18)11-3-5-15-16(7-11)21-9-20-15/h2-5,7-8,14,19H,6,9H2,1H3. The number of ether oxygens (including phenoxy) is 2. The minimum absolute atomic E-state index is 0.0977. The van der Waals surface area contributed by atoms with Crippen LogP contribution < -0.4 is 14.8 Å². The number of hydrogen-bond acceptors (Lipinski definition) is 3. The smallest absolute Gasteiger partial charge is 0.231 e. The highest BCUT2D eigenvalue weighted by molar-refractivity contribution is 5.45. The van der Waals surface area contributed by atoms with Gasteiger partial charge in [0.2, 0.25) is 6.79 Å². The van der Waals surface area contributed by atoms with E-state index in [1.54, 1.807) is 7.05 Å². The van der Waals surface area contributed by atoms with Crippen LogP contribution in [0.2, 0.25) is 0 Å². The topological polar surface area (TPSA) is 30.5 Å². The molecule has 0 aromatic heterocycles. The van der Waals surface area contributed by atoms with Crippen LogP contribution in [0.25, 0.3) is 0 Å². The summed E-state index contributed by atoms with van der Waals surface area (Å²) in [7, 11) is 1.80. The van der Waals surface area contributed by atoms with Crippen LogP contribution in [-0.4, -0.2) is 13.8 Å². The Morgan fingerprint density at radius 1 is 1.10 bits per heavy atom. The zero-order chi connectivity index (χ0) is 14.8. The minimum atomic E-state index is -0.569. The van der Waals surface area contributed by atoms with Crippen LogP contribution in [0.3, 0.4) is 0 Å². The quantitative estimate of drug-likeness (QED) is 0.938. The van der Waals surface area contributed by atoms with Crippen LogP contribution in [0, 0.1) is 11.6 Å². The largest absolute Gasteiger partial charge is 0.454 e. The van der Waals surface area contributed by atoms with Gasteiger partial charge in [-0.15, -0.1) is 0 Å². The van der Waals surface area contributed by atoms with E-state index in [1.807, 2.05) is 18.2 Å². The molecule has 0 aliphatic carbocycles. The van der Waals surface area contributed by atoms with Gasteiger partial charge >= 0.3 is 0 Å². The van der Waals surface area contributed by atoms with Crippen LogP contribution in [-0.2, 0) is 6.42 Å². The second kappa shape index (κ2) is 5.69. The first-order valence-electron chi connectivity index (χ1n) is 6.68. The highest BCUT2D eigenvalue weighted by atomic mass is 19.1. The van der Waals surface area contributed by atoms with E-state index >= 15 is 0 Å². The molecule has 0 bridgehead atoms. The molecule has 1 N–H and O–H groups in total. The van der Waals surface area contributed by atoms with Gasteiger partial charge in [0.15, 0.2) is 11.5 Å². The molecule has 0 fully saturated rings. The van der Waals surface area contributed by atoms with E-state index in [-0.39, 0.29) is 12.8 Å². The summed E-state index contributed by atoms with van der Waals surface area (Å²) >= 11 is 0. The van der Waals surface area contributed by atoms with E-state index in [0.717, 1.165) is 11.6 Å². The van der Waals surface area contributed by atoms with Crippen molar-refractivity contribution >= 4 is 0 Å². The van der Waals surface area contributed by atoms with Crippen molar-refractivity contribution in [1.82, 2.24) is 5.32 Å². The van der Waals surface area contributed by atoms with E-state index < -0.39 is 11.6 Å². The van der Waals surface area contributed by atoms with Gasteiger partial charge in [0.05, 0.1) is 0 Å². The number of fused-ring (bicyclic) bond motifs is 1. The van der Waals surface area contributed by atoms with Crippen LogP contribution in [0.15, 0.2) is 36.4 Å². The SMILES string of the molecule is CNC(Cc1ccc(F)cc1F)c1ccc2c(c1)OCO2. The maximum atomic E-state index is 13.8. The molecule has 5 heteroatoms. The van der Waals surface area contributed by atoms with E-state index in [4.69, 9.17) is 9.47 Å². The Hall–Kier alpha value is -2.14. The van der Waals surface area contributed by atoms with Crippen molar-refractivity contribution in [1.29, 1.82) is 0 Å². The first-order valence-corrected chi connectivity index (χ1v) is 6.68. The molecule has 21 heavy (non-hydrogen) atoms. The molecule has 0 radical (unpaired) electrons. The summed E-state index contributed by atoms with van der Waals surface area (Å²) in [5, 5.41) is 3.14. The van der Waals surface area contributed by atoms with Gasteiger partial charge in [-0.05, 0) is 42.8 Å². The summed E-state index contributed by atoms with van der Waals surface area (Å²) in [5.41, 5.74) is 1.43. The third-order valence-electron chi connectivity index (χ3n) is 3.59. The van der Waals surface area contributed by atoms with Gasteiger partial charge in [-0.2, -0.15) is 0 Å². The molecule has 1 heterocycles. The van der Waals surface area contributed by atoms with Gasteiger partial charge in [0, 0.05) is 12.1 Å². The zero-order valence-corrected chi connectivity index (χ0v) is 11.5. The lowest BCUT2D eigenvalue weighted by molar-refractivity contribution is 0.174. The molecule has 0 amide bonds. The first kappa shape index (κ1) is 13.8. The van der Waals surface area contributed by atoms with Gasteiger partial charge in [0.1, 0.15) is 11.6 Å². The lowest BCUT2D eigenvalue weighted by Gasteiger charge is -2.17. The lowest BCUT2D eigenvalue weighted by atomic mass is 9.98. The molecular formula is C16H15F2NO2. The summed E-state index contributed by atoms with van der Waals surface area (Å²) in [5.74, 6) is 0.297. The first-order chi connectivity index (χ1) is 10.2. The molecular weight excluding hydrogens is 276 g/mol. The van der Waals surface area contributed by atoms with Crippen LogP contribution in [0.1, 0.15) is 17.2 Å². The Labute approximate surface area is 121 Å². The third-order valence-corrected chi connectivity index (χ3v) is 3.59. The second-order valence-electron chi connectivity index (χ2n) is 4.89. The molecule has 1 atom stereocenters. The van der Waals surface area contributed by atoms with Crippen molar-refractivity contribution in [3.05, 3.63) is 59.2 Å². The van der Waals surface area contributed by atoms with Crippen molar-refractivity contribution < 1.29 is 18.3 Å². The van der Waals surface area contributed by atoms with E-state index in [1.165, 1.54) is 12.1 Å². The molecule has 1 unspecified atom stereocenters. The average Bonchev–Trinajstić information content (AvgIpc) is 2.94. The number of rotatable bonds is 4. The van der Waals surface area contributed by atoms with Crippen LogP contribution in [0.4, 0.5) is 8.78 Å². The van der Waals surface area contributed by atoms with Crippen molar-refractivity contribution in [3.63, 3.8) is 0 Å². The van der Waals surface area contributed by atoms with Crippen LogP contribution >= 0.6 is 0 Å². The predicted octanol–water partition coefficient (Wildman–Crippen LogP) is 3.20. The molecule has 3 nitrogen and oxygen atoms in total. The normalized spacial score (nSPS) is 14.2. The maximum Gasteiger partial charge on any atom is 0.231 e. The molecule has 0 spiro atoms. The maximum absolute atomic E-state index is 13.8. The van der Waals surface area contributed by atoms with Crippen molar-refractivity contribution in [2.24, 2.45) is 0 Å². The summed E-state index contributed by atoms with van der Waals surface area (Å²) in [4.78, 5) is 0. The van der Waals surface area contributed by atoms with E-state index in [2.05, 4.69) is 5.32 Å². The molecule has 1 aliphatic heterocycles. The van der Waals surface area contributed by atoms with Gasteiger partial charge < -0.3 is 14.8 Å². The monoisotopic (exact) mass is 291 g/mol. The highest BCUT2D eigenvalue weighted by Crippen LogP contribution is 2.34. The van der Waals surface area contributed by atoms with Gasteiger partial charge in [-0.1, -0.05) is 12.1 Å².